The Labute approximate surface area is 136 Å². The molecule has 3 rings (SSSR count). The smallest absolute Gasteiger partial charge is 0.228 e. The highest BCUT2D eigenvalue weighted by atomic mass is 16.1. The minimum absolute atomic E-state index is 0.000967. The fourth-order valence-corrected chi connectivity index (χ4v) is 2.79. The number of anilines is 2. The molecule has 0 fully saturated rings. The van der Waals surface area contributed by atoms with E-state index in [1.807, 2.05) is 68.6 Å². The van der Waals surface area contributed by atoms with Gasteiger partial charge in [-0.1, -0.05) is 18.2 Å². The molecule has 0 radical (unpaired) electrons. The molecular weight excluding hydrogens is 286 g/mol. The molecule has 0 spiro atoms. The van der Waals surface area contributed by atoms with Gasteiger partial charge < -0.3 is 14.8 Å². The fourth-order valence-electron chi connectivity index (χ4n) is 2.79. The van der Waals surface area contributed by atoms with Crippen molar-refractivity contribution in [1.82, 2.24) is 4.57 Å². The summed E-state index contributed by atoms with van der Waals surface area (Å²) in [6.07, 6.45) is 2.40. The Morgan fingerprint density at radius 2 is 1.78 bits per heavy atom. The summed E-state index contributed by atoms with van der Waals surface area (Å²) in [5.41, 5.74) is 4.12. The van der Waals surface area contributed by atoms with E-state index in [2.05, 4.69) is 22.0 Å². The number of aryl methyl sites for hydroxylation is 1. The lowest BCUT2D eigenvalue weighted by Gasteiger charge is -2.13. The van der Waals surface area contributed by atoms with Crippen LogP contribution in [-0.2, 0) is 18.3 Å². The van der Waals surface area contributed by atoms with E-state index in [4.69, 9.17) is 0 Å². The van der Waals surface area contributed by atoms with E-state index in [9.17, 15) is 4.79 Å². The average Bonchev–Trinajstić information content (AvgIpc) is 2.84. The largest absolute Gasteiger partial charge is 0.378 e. The number of hydrogen-bond donors (Lipinski definition) is 1. The van der Waals surface area contributed by atoms with Crippen molar-refractivity contribution >= 4 is 28.2 Å². The number of nitrogens with zero attached hydrogens (tertiary/aromatic N) is 2. The van der Waals surface area contributed by atoms with Crippen LogP contribution in [0.15, 0.2) is 54.7 Å². The average molecular weight is 307 g/mol. The number of rotatable bonds is 4. The van der Waals surface area contributed by atoms with Crippen molar-refractivity contribution in [3.63, 3.8) is 0 Å². The molecule has 0 aliphatic heterocycles. The van der Waals surface area contributed by atoms with Gasteiger partial charge in [0.15, 0.2) is 0 Å². The first kappa shape index (κ1) is 15.2. The highest BCUT2D eigenvalue weighted by molar-refractivity contribution is 5.96. The topological polar surface area (TPSA) is 37.3 Å². The van der Waals surface area contributed by atoms with E-state index in [0.717, 1.165) is 27.8 Å². The highest BCUT2D eigenvalue weighted by Gasteiger charge is 2.10. The Kier molecular flexibility index (Phi) is 4.06. The molecule has 4 nitrogen and oxygen atoms in total. The molecule has 1 N–H and O–H groups in total. The standard InChI is InChI=1S/C19H21N3O/c1-21(2)16-10-8-15(9-11-16)20-19(23)12-14-13-22(3)18-7-5-4-6-17(14)18/h4-11,13H,12H2,1-3H3,(H,20,23). The van der Waals surface area contributed by atoms with Crippen molar-refractivity contribution in [3.05, 3.63) is 60.3 Å². The van der Waals surface area contributed by atoms with Crippen LogP contribution in [0.1, 0.15) is 5.56 Å². The number of benzene rings is 2. The predicted octanol–water partition coefficient (Wildman–Crippen LogP) is 3.43. The monoisotopic (exact) mass is 307 g/mol. The lowest BCUT2D eigenvalue weighted by molar-refractivity contribution is -0.115. The molecule has 0 atom stereocenters. The Morgan fingerprint density at radius 1 is 1.09 bits per heavy atom. The quantitative estimate of drug-likeness (QED) is 0.802. The van der Waals surface area contributed by atoms with Crippen LogP contribution in [0.4, 0.5) is 11.4 Å². The minimum atomic E-state index is -0.000967. The number of amides is 1. The van der Waals surface area contributed by atoms with Crippen LogP contribution in [0, 0.1) is 0 Å². The van der Waals surface area contributed by atoms with Crippen molar-refractivity contribution < 1.29 is 4.79 Å². The van der Waals surface area contributed by atoms with E-state index in [0.29, 0.717) is 6.42 Å². The Bertz CT molecular complexity index is 831. The first-order valence-electron chi connectivity index (χ1n) is 7.65. The molecule has 0 aliphatic rings. The zero-order chi connectivity index (χ0) is 16.4. The van der Waals surface area contributed by atoms with Crippen molar-refractivity contribution in [1.29, 1.82) is 0 Å². The van der Waals surface area contributed by atoms with E-state index in [1.165, 1.54) is 0 Å². The maximum atomic E-state index is 12.3. The lowest BCUT2D eigenvalue weighted by Crippen LogP contribution is -2.14. The molecule has 118 valence electrons. The molecule has 4 heteroatoms. The number of aromatic nitrogens is 1. The summed E-state index contributed by atoms with van der Waals surface area (Å²) in [7, 11) is 5.99. The number of para-hydroxylation sites is 1. The predicted molar refractivity (Wildman–Crippen MR) is 96.0 cm³/mol. The summed E-state index contributed by atoms with van der Waals surface area (Å²) < 4.78 is 2.06. The normalized spacial score (nSPS) is 10.7. The summed E-state index contributed by atoms with van der Waals surface area (Å²) in [5.74, 6) is -0.000967. The zero-order valence-corrected chi connectivity index (χ0v) is 13.7. The van der Waals surface area contributed by atoms with Crippen molar-refractivity contribution in [3.8, 4) is 0 Å². The number of fused-ring (bicyclic) bond motifs is 1. The molecule has 0 saturated carbocycles. The summed E-state index contributed by atoms with van der Waals surface area (Å²) in [6, 6.07) is 16.0. The number of carbonyl (C=O) groups excluding carboxylic acids is 1. The van der Waals surface area contributed by atoms with Crippen molar-refractivity contribution in [2.75, 3.05) is 24.3 Å². The number of nitrogens with one attached hydrogen (secondary N) is 1. The van der Waals surface area contributed by atoms with E-state index >= 15 is 0 Å². The molecule has 2 aromatic carbocycles. The van der Waals surface area contributed by atoms with Crippen molar-refractivity contribution in [2.45, 2.75) is 6.42 Å². The van der Waals surface area contributed by atoms with E-state index in [-0.39, 0.29) is 5.91 Å². The molecular formula is C19H21N3O. The van der Waals surface area contributed by atoms with Gasteiger partial charge in [-0.2, -0.15) is 0 Å². The van der Waals surface area contributed by atoms with Crippen LogP contribution in [0.5, 0.6) is 0 Å². The fraction of sp³-hybridized carbons (Fsp3) is 0.211. The maximum Gasteiger partial charge on any atom is 0.228 e. The van der Waals surface area contributed by atoms with Gasteiger partial charge in [-0.25, -0.2) is 0 Å². The summed E-state index contributed by atoms with van der Waals surface area (Å²) in [5, 5.41) is 4.10. The van der Waals surface area contributed by atoms with Crippen molar-refractivity contribution in [2.24, 2.45) is 7.05 Å². The molecule has 0 aliphatic carbocycles. The number of hydrogen-bond acceptors (Lipinski definition) is 2. The van der Waals surface area contributed by atoms with Crippen LogP contribution < -0.4 is 10.2 Å². The van der Waals surface area contributed by atoms with Crippen LogP contribution in [0.25, 0.3) is 10.9 Å². The van der Waals surface area contributed by atoms with E-state index < -0.39 is 0 Å². The highest BCUT2D eigenvalue weighted by Crippen LogP contribution is 2.21. The minimum Gasteiger partial charge on any atom is -0.378 e. The zero-order valence-electron chi connectivity index (χ0n) is 13.7. The van der Waals surface area contributed by atoms with Gasteiger partial charge in [-0.05, 0) is 35.9 Å². The second-order valence-corrected chi connectivity index (χ2v) is 5.95. The lowest BCUT2D eigenvalue weighted by atomic mass is 10.1. The summed E-state index contributed by atoms with van der Waals surface area (Å²) in [6.45, 7) is 0. The summed E-state index contributed by atoms with van der Waals surface area (Å²) in [4.78, 5) is 14.4. The molecule has 0 saturated heterocycles. The Balaban J connectivity index is 1.73. The van der Waals surface area contributed by atoms with Gasteiger partial charge in [-0.3, -0.25) is 4.79 Å². The van der Waals surface area contributed by atoms with Gasteiger partial charge in [0.2, 0.25) is 5.91 Å². The maximum absolute atomic E-state index is 12.3. The second-order valence-electron chi connectivity index (χ2n) is 5.95. The van der Waals surface area contributed by atoms with Gasteiger partial charge >= 0.3 is 0 Å². The van der Waals surface area contributed by atoms with Crippen LogP contribution in [0.2, 0.25) is 0 Å². The first-order chi connectivity index (χ1) is 11.0. The molecule has 0 bridgehead atoms. The van der Waals surface area contributed by atoms with Gasteiger partial charge in [-0.15, -0.1) is 0 Å². The van der Waals surface area contributed by atoms with Gasteiger partial charge in [0, 0.05) is 49.6 Å². The molecule has 23 heavy (non-hydrogen) atoms. The van der Waals surface area contributed by atoms with Crippen LogP contribution in [-0.4, -0.2) is 24.6 Å². The van der Waals surface area contributed by atoms with Gasteiger partial charge in [0.25, 0.3) is 0 Å². The van der Waals surface area contributed by atoms with Crippen LogP contribution >= 0.6 is 0 Å². The second kappa shape index (κ2) is 6.16. The Morgan fingerprint density at radius 3 is 2.48 bits per heavy atom. The van der Waals surface area contributed by atoms with Crippen LogP contribution in [0.3, 0.4) is 0 Å². The molecule has 1 amide bonds. The third-order valence-electron chi connectivity index (χ3n) is 4.00. The van der Waals surface area contributed by atoms with Gasteiger partial charge in [0.05, 0.1) is 6.42 Å². The molecule has 1 heterocycles. The molecule has 3 aromatic rings. The third kappa shape index (κ3) is 3.21. The van der Waals surface area contributed by atoms with Gasteiger partial charge in [0.1, 0.15) is 0 Å². The third-order valence-corrected chi connectivity index (χ3v) is 4.00. The molecule has 1 aromatic heterocycles. The summed E-state index contributed by atoms with van der Waals surface area (Å²) >= 11 is 0. The van der Waals surface area contributed by atoms with E-state index in [1.54, 1.807) is 0 Å². The SMILES string of the molecule is CN(C)c1ccc(NC(=O)Cc2cn(C)c3ccccc23)cc1. The Hall–Kier alpha value is -2.75. The molecule has 0 unspecified atom stereocenters. The first-order valence-corrected chi connectivity index (χ1v) is 7.65. The number of carbonyl (C=O) groups is 1.